The van der Waals surface area contributed by atoms with E-state index in [0.29, 0.717) is 5.02 Å². The zero-order valence-electron chi connectivity index (χ0n) is 20.9. The van der Waals surface area contributed by atoms with Crippen LogP contribution in [0.25, 0.3) is 6.08 Å². The Balaban J connectivity index is 2.24. The van der Waals surface area contributed by atoms with Crippen LogP contribution in [0.1, 0.15) is 58.2 Å². The average Bonchev–Trinajstić information content (AvgIpc) is 3.21. The minimum absolute atomic E-state index is 0.0805. The van der Waals surface area contributed by atoms with Crippen LogP contribution in [-0.2, 0) is 20.9 Å². The molecule has 0 fully saturated rings. The molecular formula is C26H38ClNO2Si2. The van der Waals surface area contributed by atoms with Crippen molar-refractivity contribution in [2.24, 2.45) is 0 Å². The highest BCUT2D eigenvalue weighted by molar-refractivity contribution is 6.74. The molecule has 3 nitrogen and oxygen atoms in total. The highest BCUT2D eigenvalue weighted by Crippen LogP contribution is 2.57. The van der Waals surface area contributed by atoms with Gasteiger partial charge in [0.25, 0.3) is 0 Å². The van der Waals surface area contributed by atoms with Gasteiger partial charge in [0.1, 0.15) is 11.7 Å². The SMILES string of the molecule is CC[Si](CC)(CC)O[C@]12C(=Cc3ccc(CC#N)c(Cl)c31)C=C[C@@H]2O[Si](C)(C)C(C)(C)C. The van der Waals surface area contributed by atoms with Crippen LogP contribution in [0.15, 0.2) is 29.9 Å². The molecule has 0 unspecified atom stereocenters. The molecule has 0 radical (unpaired) electrons. The van der Waals surface area contributed by atoms with E-state index in [9.17, 15) is 5.26 Å². The number of hydrogen-bond acceptors (Lipinski definition) is 3. The van der Waals surface area contributed by atoms with E-state index in [1.54, 1.807) is 0 Å². The highest BCUT2D eigenvalue weighted by atomic mass is 35.5. The lowest BCUT2D eigenvalue weighted by molar-refractivity contribution is 0.00388. The lowest BCUT2D eigenvalue weighted by Crippen LogP contribution is -2.54. The molecule has 0 amide bonds. The summed E-state index contributed by atoms with van der Waals surface area (Å²) in [5.74, 6) is 0. The van der Waals surface area contributed by atoms with Gasteiger partial charge in [-0.2, -0.15) is 5.26 Å². The van der Waals surface area contributed by atoms with Crippen molar-refractivity contribution in [3.63, 3.8) is 0 Å². The number of halogens is 1. The van der Waals surface area contributed by atoms with Gasteiger partial charge in [0.15, 0.2) is 16.6 Å². The average molecular weight is 488 g/mol. The van der Waals surface area contributed by atoms with E-state index in [4.69, 9.17) is 20.5 Å². The summed E-state index contributed by atoms with van der Waals surface area (Å²) in [7, 11) is -4.13. The van der Waals surface area contributed by atoms with E-state index < -0.39 is 22.2 Å². The van der Waals surface area contributed by atoms with E-state index in [-0.39, 0.29) is 17.6 Å². The molecule has 1 aromatic rings. The van der Waals surface area contributed by atoms with Crippen molar-refractivity contribution >= 4 is 34.3 Å². The van der Waals surface area contributed by atoms with E-state index in [1.807, 2.05) is 6.07 Å². The largest absolute Gasteiger partial charge is 0.407 e. The van der Waals surface area contributed by atoms with Crippen LogP contribution in [0, 0.1) is 11.3 Å². The van der Waals surface area contributed by atoms with Crippen molar-refractivity contribution in [2.45, 2.75) is 95.9 Å². The molecule has 2 aliphatic carbocycles. The maximum atomic E-state index is 9.36. The number of hydrogen-bond donors (Lipinski definition) is 0. The second-order valence-corrected chi connectivity index (χ2v) is 20.5. The molecule has 2 aliphatic rings. The molecule has 174 valence electrons. The predicted octanol–water partition coefficient (Wildman–Crippen LogP) is 7.98. The zero-order chi connectivity index (χ0) is 23.9. The summed E-state index contributed by atoms with van der Waals surface area (Å²) < 4.78 is 14.5. The molecular weight excluding hydrogens is 450 g/mol. The smallest absolute Gasteiger partial charge is 0.193 e. The monoisotopic (exact) mass is 487 g/mol. The van der Waals surface area contributed by atoms with Gasteiger partial charge < -0.3 is 8.85 Å². The fourth-order valence-corrected chi connectivity index (χ4v) is 9.23. The van der Waals surface area contributed by atoms with Crippen LogP contribution in [0.5, 0.6) is 0 Å². The molecule has 0 aromatic heterocycles. The molecule has 0 spiro atoms. The lowest BCUT2D eigenvalue weighted by Gasteiger charge is -2.47. The maximum absolute atomic E-state index is 9.36. The standard InChI is InChI=1S/C26H38ClNO2Si2/c1-9-32(10-2,11-3)30-26-21(14-15-22(26)29-31(7,8)25(4,5)6)18-20-13-12-19(16-17-28)24(27)23(20)26/h12-15,18,22H,9-11,16H2,1-8H3/t22-,26-/m0/s1. The van der Waals surface area contributed by atoms with Crippen molar-refractivity contribution in [2.75, 3.05) is 0 Å². The van der Waals surface area contributed by atoms with Gasteiger partial charge in [0, 0.05) is 5.56 Å². The minimum Gasteiger partial charge on any atom is -0.407 e. The first-order valence-electron chi connectivity index (χ1n) is 11.9. The number of rotatable bonds is 8. The third-order valence-corrected chi connectivity index (χ3v) is 17.5. The normalized spacial score (nSPS) is 22.5. The second kappa shape index (κ2) is 8.89. The Morgan fingerprint density at radius 3 is 2.28 bits per heavy atom. The van der Waals surface area contributed by atoms with Crippen LogP contribution in [0.2, 0.25) is 41.3 Å². The molecule has 32 heavy (non-hydrogen) atoms. The van der Waals surface area contributed by atoms with Crippen molar-refractivity contribution in [1.29, 1.82) is 5.26 Å². The van der Waals surface area contributed by atoms with Crippen molar-refractivity contribution < 1.29 is 8.85 Å². The third kappa shape index (κ3) is 3.99. The van der Waals surface area contributed by atoms with Crippen molar-refractivity contribution in [3.8, 4) is 6.07 Å². The first-order chi connectivity index (χ1) is 14.9. The third-order valence-electron chi connectivity index (χ3n) is 8.02. The van der Waals surface area contributed by atoms with E-state index in [1.165, 1.54) is 0 Å². The Morgan fingerprint density at radius 2 is 1.75 bits per heavy atom. The molecule has 0 aliphatic heterocycles. The molecule has 3 rings (SSSR count). The van der Waals surface area contributed by atoms with E-state index >= 15 is 0 Å². The molecule has 2 atom stereocenters. The van der Waals surface area contributed by atoms with Gasteiger partial charge >= 0.3 is 0 Å². The first-order valence-corrected chi connectivity index (χ1v) is 17.7. The number of fused-ring (bicyclic) bond motifs is 3. The van der Waals surface area contributed by atoms with Crippen molar-refractivity contribution in [3.05, 3.63) is 51.6 Å². The topological polar surface area (TPSA) is 42.2 Å². The zero-order valence-corrected chi connectivity index (χ0v) is 23.7. The molecule has 1 aromatic carbocycles. The highest BCUT2D eigenvalue weighted by Gasteiger charge is 2.57. The fraction of sp³-hybridized carbons (Fsp3) is 0.577. The number of nitriles is 1. The van der Waals surface area contributed by atoms with Gasteiger partial charge in [-0.25, -0.2) is 0 Å². The predicted molar refractivity (Wildman–Crippen MR) is 140 cm³/mol. The van der Waals surface area contributed by atoms with Gasteiger partial charge in [-0.3, -0.25) is 0 Å². The van der Waals surface area contributed by atoms with Crippen LogP contribution in [-0.4, -0.2) is 22.7 Å². The summed E-state index contributed by atoms with van der Waals surface area (Å²) in [6.45, 7) is 18.2. The Hall–Kier alpha value is -1.17. The lowest BCUT2D eigenvalue weighted by atomic mass is 9.88. The van der Waals surface area contributed by atoms with Crippen LogP contribution in [0.3, 0.4) is 0 Å². The van der Waals surface area contributed by atoms with Gasteiger partial charge in [0.05, 0.1) is 17.5 Å². The number of benzene rings is 1. The molecule has 0 bridgehead atoms. The second-order valence-electron chi connectivity index (χ2n) is 10.7. The summed E-state index contributed by atoms with van der Waals surface area (Å²) in [6.07, 6.45) is 6.64. The molecule has 6 heteroatoms. The fourth-order valence-electron chi connectivity index (χ4n) is 4.67. The molecule has 0 heterocycles. The van der Waals surface area contributed by atoms with E-state index in [0.717, 1.165) is 40.4 Å². The van der Waals surface area contributed by atoms with Crippen LogP contribution >= 0.6 is 11.6 Å². The van der Waals surface area contributed by atoms with Gasteiger partial charge in [-0.05, 0) is 59.0 Å². The summed E-state index contributed by atoms with van der Waals surface area (Å²) >= 11 is 7.05. The van der Waals surface area contributed by atoms with Gasteiger partial charge in [-0.15, -0.1) is 0 Å². The Bertz CT molecular complexity index is 975. The van der Waals surface area contributed by atoms with Crippen molar-refractivity contribution in [1.82, 2.24) is 0 Å². The molecule has 0 saturated heterocycles. The minimum atomic E-state index is -2.09. The van der Waals surface area contributed by atoms with E-state index in [2.05, 4.69) is 85.0 Å². The van der Waals surface area contributed by atoms with Gasteiger partial charge in [-0.1, -0.05) is 77.4 Å². The summed E-state index contributed by atoms with van der Waals surface area (Å²) in [5.41, 5.74) is 3.37. The van der Waals surface area contributed by atoms with Gasteiger partial charge in [0.2, 0.25) is 0 Å². The summed E-state index contributed by atoms with van der Waals surface area (Å²) in [5, 5.41) is 10.1. The first kappa shape index (κ1) is 25.5. The molecule has 0 saturated carbocycles. The van der Waals surface area contributed by atoms with Crippen LogP contribution < -0.4 is 0 Å². The molecule has 0 N–H and O–H groups in total. The Morgan fingerprint density at radius 1 is 1.12 bits per heavy atom. The van der Waals surface area contributed by atoms with Crippen LogP contribution in [0.4, 0.5) is 0 Å². The Kier molecular flexibility index (Phi) is 7.07. The number of nitrogens with zero attached hydrogens (tertiary/aromatic N) is 1. The Labute approximate surface area is 201 Å². The maximum Gasteiger partial charge on any atom is 0.193 e. The quantitative estimate of drug-likeness (QED) is 0.349. The summed E-state index contributed by atoms with van der Waals surface area (Å²) in [6, 6.07) is 9.48. The summed E-state index contributed by atoms with van der Waals surface area (Å²) in [4.78, 5) is 0.